The highest BCUT2D eigenvalue weighted by atomic mass is 15.3. The smallest absolute Gasteiger partial charge is 0.141 e. The van der Waals surface area contributed by atoms with Gasteiger partial charge in [0.1, 0.15) is 23.9 Å². The van der Waals surface area contributed by atoms with E-state index in [-0.39, 0.29) is 0 Å². The van der Waals surface area contributed by atoms with E-state index < -0.39 is 0 Å². The van der Waals surface area contributed by atoms with Crippen molar-refractivity contribution < 1.29 is 0 Å². The van der Waals surface area contributed by atoms with Crippen LogP contribution in [0.25, 0.3) is 44.6 Å². The van der Waals surface area contributed by atoms with Crippen molar-refractivity contribution >= 4 is 22.1 Å². The number of hydrogen-bond acceptors (Lipinski definition) is 6. The summed E-state index contributed by atoms with van der Waals surface area (Å²) in [7, 11) is 0. The Morgan fingerprint density at radius 2 is 1.13 bits per heavy atom. The van der Waals surface area contributed by atoms with Crippen LogP contribution in [-0.2, 0) is 0 Å². The van der Waals surface area contributed by atoms with E-state index >= 15 is 0 Å². The average Bonchev–Trinajstić information content (AvgIpc) is 3.75. The molecule has 10 heteroatoms. The van der Waals surface area contributed by atoms with Gasteiger partial charge >= 0.3 is 0 Å². The topological polar surface area (TPSA) is 119 Å². The van der Waals surface area contributed by atoms with Gasteiger partial charge in [-0.25, -0.2) is 19.9 Å². The average molecular weight is 511 g/mol. The molecule has 196 valence electrons. The quantitative estimate of drug-likeness (QED) is 0.246. The van der Waals surface area contributed by atoms with Crippen LogP contribution in [0.15, 0.2) is 62.0 Å². The van der Waals surface area contributed by atoms with E-state index in [1.54, 1.807) is 12.7 Å². The highest BCUT2D eigenvalue weighted by Crippen LogP contribution is 2.26. The fraction of sp³-hybridized carbons (Fsp3) is 0.357. The second-order valence-corrected chi connectivity index (χ2v) is 9.62. The fourth-order valence-corrected chi connectivity index (χ4v) is 4.71. The highest BCUT2D eigenvalue weighted by Gasteiger charge is 2.13. The normalized spacial score (nSPS) is 12.9. The molecule has 0 bridgehead atoms. The summed E-state index contributed by atoms with van der Waals surface area (Å²) in [6.07, 6.45) is 19.4. The molecule has 0 spiro atoms. The summed E-state index contributed by atoms with van der Waals surface area (Å²) < 4.78 is 4.03. The van der Waals surface area contributed by atoms with Crippen molar-refractivity contribution in [1.29, 1.82) is 0 Å². The molecule has 0 aliphatic heterocycles. The number of fused-ring (bicyclic) bond motifs is 2. The van der Waals surface area contributed by atoms with Crippen molar-refractivity contribution in [3.8, 4) is 22.5 Å². The van der Waals surface area contributed by atoms with Crippen LogP contribution in [-0.4, -0.2) is 49.5 Å². The lowest BCUT2D eigenvalue weighted by molar-refractivity contribution is 0.455. The molecule has 6 heterocycles. The largest absolute Gasteiger partial charge is 0.346 e. The summed E-state index contributed by atoms with van der Waals surface area (Å²) in [4.78, 5) is 23.4. The summed E-state index contributed by atoms with van der Waals surface area (Å²) in [6.45, 7) is 8.75. The number of aromatic nitrogens is 10. The van der Waals surface area contributed by atoms with Crippen LogP contribution in [0.4, 0.5) is 0 Å². The minimum absolute atomic E-state index is 0.419. The molecule has 6 rings (SSSR count). The van der Waals surface area contributed by atoms with Gasteiger partial charge in [0.05, 0.1) is 23.8 Å². The number of nitrogens with zero attached hydrogens (tertiary/aromatic N) is 8. The number of rotatable bonds is 8. The molecule has 0 fully saturated rings. The van der Waals surface area contributed by atoms with Gasteiger partial charge in [0, 0.05) is 58.8 Å². The van der Waals surface area contributed by atoms with Crippen LogP contribution < -0.4 is 0 Å². The third-order valence-electron chi connectivity index (χ3n) is 6.77. The first-order valence-corrected chi connectivity index (χ1v) is 13.2. The Labute approximate surface area is 221 Å². The summed E-state index contributed by atoms with van der Waals surface area (Å²) in [5.74, 6) is 0. The monoisotopic (exact) mass is 510 g/mol. The second kappa shape index (κ2) is 11.4. The zero-order valence-electron chi connectivity index (χ0n) is 22.3. The van der Waals surface area contributed by atoms with Gasteiger partial charge in [0.2, 0.25) is 0 Å². The van der Waals surface area contributed by atoms with E-state index in [1.807, 2.05) is 46.3 Å². The van der Waals surface area contributed by atoms with Gasteiger partial charge in [0.15, 0.2) is 0 Å². The molecule has 10 nitrogen and oxygen atoms in total. The Morgan fingerprint density at radius 1 is 0.684 bits per heavy atom. The molecule has 2 N–H and O–H groups in total. The van der Waals surface area contributed by atoms with Gasteiger partial charge in [0.25, 0.3) is 0 Å². The van der Waals surface area contributed by atoms with Crippen LogP contribution in [0, 0.1) is 0 Å². The molecule has 0 aliphatic rings. The van der Waals surface area contributed by atoms with Crippen molar-refractivity contribution in [2.24, 2.45) is 0 Å². The molecular formula is C28H34N10. The molecule has 0 aromatic carbocycles. The third-order valence-corrected chi connectivity index (χ3v) is 6.77. The van der Waals surface area contributed by atoms with Gasteiger partial charge in [-0.15, -0.1) is 0 Å². The predicted molar refractivity (Wildman–Crippen MR) is 149 cm³/mol. The van der Waals surface area contributed by atoms with E-state index in [9.17, 15) is 0 Å². The predicted octanol–water partition coefficient (Wildman–Crippen LogP) is 6.37. The molecule has 0 saturated carbocycles. The van der Waals surface area contributed by atoms with E-state index in [2.05, 4.69) is 80.2 Å². The molecule has 38 heavy (non-hydrogen) atoms. The zero-order chi connectivity index (χ0) is 26.5. The standard InChI is InChI=1S/2C14H17N5/c2*1-3-4-10(2)19-8-11(7-18-19)13-12-5-6-15-14(12)17-9-16-13/h2*5-10H,3-4H2,1-2H3,(H,15,16,17)/t2*10-/m10/s1. The minimum atomic E-state index is 0.419. The molecule has 2 atom stereocenters. The van der Waals surface area contributed by atoms with E-state index in [4.69, 9.17) is 0 Å². The highest BCUT2D eigenvalue weighted by molar-refractivity contribution is 5.90. The lowest BCUT2D eigenvalue weighted by Crippen LogP contribution is -2.04. The van der Waals surface area contributed by atoms with Gasteiger partial charge in [-0.2, -0.15) is 10.2 Å². The molecular weight excluding hydrogens is 476 g/mol. The van der Waals surface area contributed by atoms with Gasteiger partial charge in [-0.05, 0) is 38.8 Å². The lowest BCUT2D eigenvalue weighted by atomic mass is 10.2. The van der Waals surface area contributed by atoms with Crippen molar-refractivity contribution in [2.45, 2.75) is 65.5 Å². The van der Waals surface area contributed by atoms with Crippen LogP contribution in [0.1, 0.15) is 65.5 Å². The van der Waals surface area contributed by atoms with Crippen LogP contribution in [0.2, 0.25) is 0 Å². The lowest BCUT2D eigenvalue weighted by Gasteiger charge is -2.09. The van der Waals surface area contributed by atoms with Crippen LogP contribution in [0.5, 0.6) is 0 Å². The molecule has 0 saturated heterocycles. The maximum Gasteiger partial charge on any atom is 0.141 e. The number of hydrogen-bond donors (Lipinski definition) is 2. The van der Waals surface area contributed by atoms with Gasteiger partial charge < -0.3 is 9.97 Å². The van der Waals surface area contributed by atoms with Gasteiger partial charge in [-0.3, -0.25) is 9.36 Å². The summed E-state index contributed by atoms with van der Waals surface area (Å²) in [6, 6.07) is 4.83. The first-order chi connectivity index (χ1) is 18.6. The Hall–Kier alpha value is -4.34. The SMILES string of the molecule is CCC[C@@H](C)n1cc(-c2ncnc3[nH]ccc23)cn1.CCC[C@H](C)n1cc(-c2ncnc3[nH]ccc23)cn1. The fourth-order valence-electron chi connectivity index (χ4n) is 4.71. The second-order valence-electron chi connectivity index (χ2n) is 9.62. The summed E-state index contributed by atoms with van der Waals surface area (Å²) in [5.41, 5.74) is 5.66. The zero-order valence-corrected chi connectivity index (χ0v) is 22.3. The van der Waals surface area contributed by atoms with Crippen molar-refractivity contribution in [1.82, 2.24) is 49.5 Å². The van der Waals surface area contributed by atoms with E-state index in [0.29, 0.717) is 12.1 Å². The molecule has 0 radical (unpaired) electrons. The molecule has 0 unspecified atom stereocenters. The maximum atomic E-state index is 4.45. The van der Waals surface area contributed by atoms with E-state index in [0.717, 1.165) is 70.3 Å². The first kappa shape index (κ1) is 25.3. The molecule has 6 aromatic heterocycles. The molecule has 0 aliphatic carbocycles. The Balaban J connectivity index is 0.000000155. The summed E-state index contributed by atoms with van der Waals surface area (Å²) in [5, 5.41) is 11.0. The number of nitrogens with one attached hydrogen (secondary N) is 2. The first-order valence-electron chi connectivity index (χ1n) is 13.2. The van der Waals surface area contributed by atoms with Crippen molar-refractivity contribution in [2.75, 3.05) is 0 Å². The maximum absolute atomic E-state index is 4.45. The Bertz CT molecular complexity index is 1480. The van der Waals surface area contributed by atoms with Crippen molar-refractivity contribution in [3.63, 3.8) is 0 Å². The number of H-pyrrole nitrogens is 2. The van der Waals surface area contributed by atoms with E-state index in [1.165, 1.54) is 0 Å². The van der Waals surface area contributed by atoms with Crippen molar-refractivity contribution in [3.05, 3.63) is 62.0 Å². The Kier molecular flexibility index (Phi) is 7.57. The molecule has 0 amide bonds. The third kappa shape index (κ3) is 5.20. The number of aromatic amines is 2. The minimum Gasteiger partial charge on any atom is -0.346 e. The summed E-state index contributed by atoms with van der Waals surface area (Å²) >= 11 is 0. The van der Waals surface area contributed by atoms with Crippen LogP contribution >= 0.6 is 0 Å². The van der Waals surface area contributed by atoms with Gasteiger partial charge in [-0.1, -0.05) is 26.7 Å². The Morgan fingerprint density at radius 3 is 1.55 bits per heavy atom. The van der Waals surface area contributed by atoms with Crippen LogP contribution in [0.3, 0.4) is 0 Å². The molecule has 6 aromatic rings.